The second-order valence-electron chi connectivity index (χ2n) is 4.97. The number of benzene rings is 1. The summed E-state index contributed by atoms with van der Waals surface area (Å²) >= 11 is 1.53. The van der Waals surface area contributed by atoms with Crippen molar-refractivity contribution in [2.75, 3.05) is 0 Å². The number of hydrogen-bond donors (Lipinski definition) is 1. The van der Waals surface area contributed by atoms with Crippen molar-refractivity contribution in [3.8, 4) is 11.3 Å². The van der Waals surface area contributed by atoms with Crippen molar-refractivity contribution in [2.24, 2.45) is 0 Å². The van der Waals surface area contributed by atoms with Gasteiger partial charge in [0.25, 0.3) is 0 Å². The molecule has 0 aliphatic carbocycles. The van der Waals surface area contributed by atoms with Gasteiger partial charge in [-0.2, -0.15) is 5.10 Å². The number of imidazole rings is 1. The maximum absolute atomic E-state index is 13.4. The van der Waals surface area contributed by atoms with E-state index in [4.69, 9.17) is 0 Å². The molecule has 0 atom stereocenters. The molecule has 0 saturated heterocycles. The molecule has 1 N–H and O–H groups in total. The quantitative estimate of drug-likeness (QED) is 0.804. The highest BCUT2D eigenvalue weighted by molar-refractivity contribution is 7.16. The minimum absolute atomic E-state index is 0.151. The summed E-state index contributed by atoms with van der Waals surface area (Å²) < 4.78 is 15.1. The van der Waals surface area contributed by atoms with Gasteiger partial charge in [-0.15, -0.1) is 0 Å². The van der Waals surface area contributed by atoms with E-state index in [1.54, 1.807) is 23.6 Å². The largest absolute Gasteiger partial charge is 0.390 e. The molecular formula is C15H16FN3OS. The van der Waals surface area contributed by atoms with Crippen LogP contribution in [-0.2, 0) is 13.0 Å². The van der Waals surface area contributed by atoms with E-state index in [1.165, 1.54) is 17.4 Å². The lowest BCUT2D eigenvalue weighted by molar-refractivity contribution is 0.275. The summed E-state index contributed by atoms with van der Waals surface area (Å²) in [5.74, 6) is -0.242. The Labute approximate surface area is 125 Å². The van der Waals surface area contributed by atoms with Crippen LogP contribution in [-0.4, -0.2) is 19.7 Å². The zero-order chi connectivity index (χ0) is 15.0. The Hall–Kier alpha value is -1.79. The number of halogens is 1. The van der Waals surface area contributed by atoms with Gasteiger partial charge in [0.15, 0.2) is 0 Å². The zero-order valence-corrected chi connectivity index (χ0v) is 12.7. The van der Waals surface area contributed by atoms with Crippen LogP contribution in [0.4, 0.5) is 4.39 Å². The predicted molar refractivity (Wildman–Crippen MR) is 80.9 cm³/mol. The van der Waals surface area contributed by atoms with Crippen LogP contribution < -0.4 is 0 Å². The molecule has 0 unspecified atom stereocenters. The fraction of sp³-hybridized carbons (Fsp3) is 0.333. The van der Waals surface area contributed by atoms with Gasteiger partial charge < -0.3 is 5.11 Å². The third-order valence-corrected chi connectivity index (χ3v) is 4.35. The summed E-state index contributed by atoms with van der Waals surface area (Å²) in [7, 11) is 0. The maximum Gasteiger partial charge on any atom is 0.213 e. The topological polar surface area (TPSA) is 50.4 Å². The van der Waals surface area contributed by atoms with Crippen LogP contribution in [0.1, 0.15) is 29.6 Å². The minimum atomic E-state index is -0.242. The van der Waals surface area contributed by atoms with Gasteiger partial charge in [0.05, 0.1) is 18.0 Å². The highest BCUT2D eigenvalue weighted by Gasteiger charge is 2.17. The van der Waals surface area contributed by atoms with E-state index >= 15 is 0 Å². The summed E-state index contributed by atoms with van der Waals surface area (Å²) in [6.45, 7) is 3.67. The van der Waals surface area contributed by atoms with E-state index in [9.17, 15) is 9.50 Å². The van der Waals surface area contributed by atoms with Gasteiger partial charge in [0.1, 0.15) is 10.8 Å². The average Bonchev–Trinajstić information content (AvgIpc) is 2.99. The fourth-order valence-electron chi connectivity index (χ4n) is 2.31. The summed E-state index contributed by atoms with van der Waals surface area (Å²) in [5.41, 5.74) is 2.68. The highest BCUT2D eigenvalue weighted by atomic mass is 32.1. The Morgan fingerprint density at radius 1 is 1.38 bits per heavy atom. The lowest BCUT2D eigenvalue weighted by atomic mass is 10.1. The molecule has 0 fully saturated rings. The van der Waals surface area contributed by atoms with Gasteiger partial charge in [-0.3, -0.25) is 0 Å². The van der Waals surface area contributed by atoms with Crippen LogP contribution in [0.5, 0.6) is 0 Å². The van der Waals surface area contributed by atoms with Crippen LogP contribution in [0.15, 0.2) is 18.2 Å². The number of aryl methyl sites for hydroxylation is 2. The third kappa shape index (κ3) is 2.45. The molecule has 3 rings (SSSR count). The predicted octanol–water partition coefficient (Wildman–Crippen LogP) is 3.35. The molecule has 3 aromatic rings. The number of aliphatic hydroxyl groups is 1. The first kappa shape index (κ1) is 14.2. The zero-order valence-electron chi connectivity index (χ0n) is 11.9. The average molecular weight is 305 g/mol. The van der Waals surface area contributed by atoms with E-state index < -0.39 is 0 Å². The van der Waals surface area contributed by atoms with Crippen LogP contribution >= 0.6 is 11.3 Å². The third-order valence-electron chi connectivity index (χ3n) is 3.38. The van der Waals surface area contributed by atoms with Crippen LogP contribution in [0.25, 0.3) is 16.2 Å². The molecule has 0 spiro atoms. The molecule has 2 heterocycles. The molecule has 0 radical (unpaired) electrons. The summed E-state index contributed by atoms with van der Waals surface area (Å²) in [6, 6.07) is 4.85. The molecule has 6 heteroatoms. The van der Waals surface area contributed by atoms with Gasteiger partial charge in [-0.25, -0.2) is 13.9 Å². The number of nitrogens with zero attached hydrogens (tertiary/aromatic N) is 3. The lowest BCUT2D eigenvalue weighted by Gasteiger charge is -2.03. The van der Waals surface area contributed by atoms with Crippen molar-refractivity contribution < 1.29 is 9.50 Å². The van der Waals surface area contributed by atoms with E-state index in [0.29, 0.717) is 17.0 Å². The van der Waals surface area contributed by atoms with Crippen molar-refractivity contribution >= 4 is 16.3 Å². The lowest BCUT2D eigenvalue weighted by Crippen LogP contribution is -1.97. The van der Waals surface area contributed by atoms with Crippen LogP contribution in [0.3, 0.4) is 0 Å². The van der Waals surface area contributed by atoms with Crippen LogP contribution in [0.2, 0.25) is 0 Å². The molecule has 2 aromatic heterocycles. The highest BCUT2D eigenvalue weighted by Crippen LogP contribution is 2.28. The molecule has 21 heavy (non-hydrogen) atoms. The molecule has 0 aliphatic heterocycles. The van der Waals surface area contributed by atoms with Crippen LogP contribution in [0, 0.1) is 12.7 Å². The van der Waals surface area contributed by atoms with Crippen molar-refractivity contribution in [1.29, 1.82) is 0 Å². The number of aromatic nitrogens is 3. The molecule has 0 amide bonds. The van der Waals surface area contributed by atoms with Gasteiger partial charge in [0, 0.05) is 12.0 Å². The number of rotatable bonds is 4. The summed E-state index contributed by atoms with van der Waals surface area (Å²) in [5, 5.41) is 15.2. The van der Waals surface area contributed by atoms with Crippen molar-refractivity contribution in [2.45, 2.75) is 33.3 Å². The fourth-order valence-corrected chi connectivity index (χ4v) is 3.32. The second-order valence-corrected chi connectivity index (χ2v) is 6.01. The summed E-state index contributed by atoms with van der Waals surface area (Å²) in [6.07, 6.45) is 1.93. The van der Waals surface area contributed by atoms with Gasteiger partial charge in [-0.05, 0) is 37.1 Å². The first-order valence-electron chi connectivity index (χ1n) is 6.88. The Kier molecular flexibility index (Phi) is 3.73. The van der Waals surface area contributed by atoms with E-state index in [0.717, 1.165) is 28.4 Å². The summed E-state index contributed by atoms with van der Waals surface area (Å²) in [4.78, 5) is 5.33. The Morgan fingerprint density at radius 3 is 2.86 bits per heavy atom. The number of aliphatic hydroxyl groups excluding tert-OH is 1. The molecule has 110 valence electrons. The van der Waals surface area contributed by atoms with E-state index in [-0.39, 0.29) is 12.4 Å². The molecule has 0 saturated carbocycles. The monoisotopic (exact) mass is 305 g/mol. The normalized spacial score (nSPS) is 11.4. The Balaban J connectivity index is 2.13. The SMILES string of the molecule is CCCc1nn2c(CO)c(-c3ccc(F)c(C)c3)nc2s1. The van der Waals surface area contributed by atoms with Crippen molar-refractivity contribution in [3.63, 3.8) is 0 Å². The molecule has 0 aliphatic rings. The second kappa shape index (κ2) is 5.54. The van der Waals surface area contributed by atoms with Gasteiger partial charge >= 0.3 is 0 Å². The van der Waals surface area contributed by atoms with E-state index in [2.05, 4.69) is 17.0 Å². The van der Waals surface area contributed by atoms with E-state index in [1.807, 2.05) is 0 Å². The smallest absolute Gasteiger partial charge is 0.213 e. The first-order chi connectivity index (χ1) is 10.1. The Bertz CT molecular complexity index is 794. The minimum Gasteiger partial charge on any atom is -0.390 e. The molecule has 0 bridgehead atoms. The first-order valence-corrected chi connectivity index (χ1v) is 7.70. The Morgan fingerprint density at radius 2 is 2.19 bits per heavy atom. The molecule has 4 nitrogen and oxygen atoms in total. The standard InChI is InChI=1S/C15H16FN3OS/c1-3-4-13-18-19-12(8-20)14(17-15(19)21-13)10-5-6-11(16)9(2)7-10/h5-7,20H,3-4,8H2,1-2H3. The van der Waals surface area contributed by atoms with Crippen molar-refractivity contribution in [3.05, 3.63) is 40.3 Å². The molecular weight excluding hydrogens is 289 g/mol. The number of hydrogen-bond acceptors (Lipinski definition) is 4. The number of fused-ring (bicyclic) bond motifs is 1. The van der Waals surface area contributed by atoms with Gasteiger partial charge in [0.2, 0.25) is 4.96 Å². The van der Waals surface area contributed by atoms with Crippen molar-refractivity contribution in [1.82, 2.24) is 14.6 Å². The molecule has 1 aromatic carbocycles. The van der Waals surface area contributed by atoms with Gasteiger partial charge in [-0.1, -0.05) is 18.3 Å². The maximum atomic E-state index is 13.4.